The Morgan fingerprint density at radius 3 is 2.49 bits per heavy atom. The van der Waals surface area contributed by atoms with Gasteiger partial charge in [-0.1, -0.05) is 43.6 Å². The number of rotatable bonds is 7. The van der Waals surface area contributed by atoms with Crippen molar-refractivity contribution in [1.82, 2.24) is 19.9 Å². The van der Waals surface area contributed by atoms with E-state index in [-0.39, 0.29) is 38.6 Å². The molecule has 1 unspecified atom stereocenters. The van der Waals surface area contributed by atoms with Crippen LogP contribution in [0.4, 0.5) is 17.6 Å². The maximum atomic E-state index is 14.6. The molecule has 4 aromatic rings. The zero-order valence-corrected chi connectivity index (χ0v) is 20.3. The fraction of sp³-hybridized carbons (Fsp3) is 0.240. The molecule has 37 heavy (non-hydrogen) atoms. The second kappa shape index (κ2) is 9.98. The number of aromatic nitrogens is 3. The maximum absolute atomic E-state index is 14.6. The predicted octanol–water partition coefficient (Wildman–Crippen LogP) is 4.84. The predicted molar refractivity (Wildman–Crippen MR) is 129 cm³/mol. The van der Waals surface area contributed by atoms with Gasteiger partial charge in [-0.25, -0.2) is 22.1 Å². The van der Waals surface area contributed by atoms with Crippen LogP contribution in [0.2, 0.25) is 5.02 Å². The van der Waals surface area contributed by atoms with E-state index in [1.165, 1.54) is 24.4 Å². The number of nitrogens with one attached hydrogen (secondary N) is 2. The lowest BCUT2D eigenvalue weighted by molar-refractivity contribution is -0.0785. The minimum Gasteiger partial charge on any atom is -0.390 e. The molecule has 0 aliphatic carbocycles. The molecule has 0 aliphatic heterocycles. The van der Waals surface area contributed by atoms with Gasteiger partial charge in [-0.05, 0) is 35.7 Å². The van der Waals surface area contributed by atoms with Crippen molar-refractivity contribution in [2.75, 3.05) is 6.61 Å². The number of hydrogen-bond donors (Lipinski definition) is 3. The molecule has 0 radical (unpaired) electrons. The van der Waals surface area contributed by atoms with Gasteiger partial charge in [0.05, 0.1) is 16.1 Å². The van der Waals surface area contributed by atoms with Crippen molar-refractivity contribution >= 4 is 23.0 Å². The van der Waals surface area contributed by atoms with E-state index < -0.39 is 47.6 Å². The summed E-state index contributed by atoms with van der Waals surface area (Å²) < 4.78 is 58.3. The quantitative estimate of drug-likeness (QED) is 0.294. The summed E-state index contributed by atoms with van der Waals surface area (Å²) in [7, 11) is 0. The summed E-state index contributed by atoms with van der Waals surface area (Å²) in [5, 5.41) is 15.5. The molecule has 194 valence electrons. The number of aromatic amines is 1. The largest absolute Gasteiger partial charge is 0.390 e. The molecule has 12 heteroatoms. The molecule has 4 rings (SSSR count). The standard InChI is InChI=1S/C25H21ClF4N4O3/c1-12(2)18-16(23(36)31-21(25(29,30)11-35)13-6-8-14(27)9-7-13)10-34-20(18)24(37)32-22(33-34)15-4-3-5-17(26)19(15)28/h3-10,12,21,35H,11H2,1-2H3,(H,31,36)(H,32,33,37). The molecule has 0 saturated carbocycles. The number of aliphatic hydroxyl groups is 1. The van der Waals surface area contributed by atoms with Crippen LogP contribution in [0.3, 0.4) is 0 Å². The van der Waals surface area contributed by atoms with E-state index in [0.717, 1.165) is 28.8 Å². The Hall–Kier alpha value is -3.70. The van der Waals surface area contributed by atoms with Gasteiger partial charge in [-0.15, -0.1) is 5.10 Å². The van der Waals surface area contributed by atoms with Crippen LogP contribution in [0.25, 0.3) is 16.9 Å². The Labute approximate surface area is 212 Å². The molecule has 2 aromatic heterocycles. The number of benzene rings is 2. The maximum Gasteiger partial charge on any atom is 0.294 e. The first-order chi connectivity index (χ1) is 17.4. The van der Waals surface area contributed by atoms with Gasteiger partial charge >= 0.3 is 0 Å². The van der Waals surface area contributed by atoms with Crippen molar-refractivity contribution in [2.45, 2.75) is 31.7 Å². The van der Waals surface area contributed by atoms with Crippen LogP contribution in [-0.2, 0) is 0 Å². The number of hydrogen-bond acceptors (Lipinski definition) is 4. The van der Waals surface area contributed by atoms with Gasteiger partial charge < -0.3 is 15.4 Å². The van der Waals surface area contributed by atoms with Crippen molar-refractivity contribution in [2.24, 2.45) is 0 Å². The fourth-order valence-electron chi connectivity index (χ4n) is 4.07. The Bertz CT molecular complexity index is 1530. The van der Waals surface area contributed by atoms with Crippen LogP contribution in [0, 0.1) is 11.6 Å². The first kappa shape index (κ1) is 26.4. The molecule has 2 heterocycles. The summed E-state index contributed by atoms with van der Waals surface area (Å²) in [6, 6.07) is 6.19. The molecular formula is C25H21ClF4N4O3. The third-order valence-electron chi connectivity index (χ3n) is 5.82. The van der Waals surface area contributed by atoms with Crippen LogP contribution in [0.5, 0.6) is 0 Å². The molecule has 0 saturated heterocycles. The zero-order valence-electron chi connectivity index (χ0n) is 19.5. The highest BCUT2D eigenvalue weighted by molar-refractivity contribution is 6.31. The van der Waals surface area contributed by atoms with Gasteiger partial charge in [0.15, 0.2) is 11.6 Å². The molecular weight excluding hydrogens is 516 g/mol. The highest BCUT2D eigenvalue weighted by Crippen LogP contribution is 2.33. The van der Waals surface area contributed by atoms with Gasteiger partial charge in [0.1, 0.15) is 24.0 Å². The number of amides is 1. The lowest BCUT2D eigenvalue weighted by Gasteiger charge is -2.27. The SMILES string of the molecule is CC(C)c1c(C(=O)NC(c2ccc(F)cc2)C(F)(F)CO)cn2nc(-c3cccc(Cl)c3F)[nH]c(=O)c12. The smallest absolute Gasteiger partial charge is 0.294 e. The highest BCUT2D eigenvalue weighted by Gasteiger charge is 2.42. The first-order valence-corrected chi connectivity index (χ1v) is 11.5. The van der Waals surface area contributed by atoms with E-state index in [2.05, 4.69) is 15.4 Å². The third-order valence-corrected chi connectivity index (χ3v) is 6.11. The minimum atomic E-state index is -3.79. The van der Waals surface area contributed by atoms with Crippen molar-refractivity contribution in [3.05, 3.63) is 92.4 Å². The normalized spacial score (nSPS) is 12.8. The summed E-state index contributed by atoms with van der Waals surface area (Å²) in [6.45, 7) is 1.80. The van der Waals surface area contributed by atoms with Crippen molar-refractivity contribution < 1.29 is 27.5 Å². The molecule has 7 nitrogen and oxygen atoms in total. The van der Waals surface area contributed by atoms with Crippen LogP contribution < -0.4 is 10.9 Å². The van der Waals surface area contributed by atoms with Gasteiger partial charge in [-0.2, -0.15) is 0 Å². The average Bonchev–Trinajstić information content (AvgIpc) is 3.25. The molecule has 3 N–H and O–H groups in total. The van der Waals surface area contributed by atoms with E-state index in [1.54, 1.807) is 13.8 Å². The van der Waals surface area contributed by atoms with Crippen LogP contribution >= 0.6 is 11.6 Å². The number of carbonyl (C=O) groups is 1. The molecule has 1 atom stereocenters. The fourth-order valence-corrected chi connectivity index (χ4v) is 4.25. The lowest BCUT2D eigenvalue weighted by Crippen LogP contribution is -2.43. The van der Waals surface area contributed by atoms with E-state index in [9.17, 15) is 32.3 Å². The summed E-state index contributed by atoms with van der Waals surface area (Å²) in [4.78, 5) is 28.8. The van der Waals surface area contributed by atoms with E-state index in [4.69, 9.17) is 11.6 Å². The topological polar surface area (TPSA) is 99.5 Å². The highest BCUT2D eigenvalue weighted by atomic mass is 35.5. The number of carbonyl (C=O) groups excluding carboxylic acids is 1. The second-order valence-corrected chi connectivity index (χ2v) is 9.09. The number of halogens is 5. The van der Waals surface area contributed by atoms with Crippen molar-refractivity contribution in [3.8, 4) is 11.4 Å². The summed E-state index contributed by atoms with van der Waals surface area (Å²) in [5.41, 5.74) is -0.858. The average molecular weight is 537 g/mol. The first-order valence-electron chi connectivity index (χ1n) is 11.1. The number of alkyl halides is 2. The van der Waals surface area contributed by atoms with Crippen LogP contribution in [0.15, 0.2) is 53.5 Å². The zero-order chi connectivity index (χ0) is 27.1. The Balaban J connectivity index is 1.83. The van der Waals surface area contributed by atoms with E-state index in [1.807, 2.05) is 0 Å². The molecule has 0 aliphatic rings. The summed E-state index contributed by atoms with van der Waals surface area (Å²) >= 11 is 5.84. The monoisotopic (exact) mass is 536 g/mol. The molecule has 2 aromatic carbocycles. The lowest BCUT2D eigenvalue weighted by atomic mass is 9.97. The third kappa shape index (κ3) is 4.96. The van der Waals surface area contributed by atoms with Gasteiger partial charge in [0.25, 0.3) is 17.4 Å². The van der Waals surface area contributed by atoms with Crippen molar-refractivity contribution in [1.29, 1.82) is 0 Å². The van der Waals surface area contributed by atoms with Crippen molar-refractivity contribution in [3.63, 3.8) is 0 Å². The van der Waals surface area contributed by atoms with E-state index >= 15 is 0 Å². The minimum absolute atomic E-state index is 0.0291. The summed E-state index contributed by atoms with van der Waals surface area (Å²) in [5.74, 6) is -6.84. The number of aliphatic hydroxyl groups excluding tert-OH is 1. The number of H-pyrrole nitrogens is 1. The molecule has 0 bridgehead atoms. The van der Waals surface area contributed by atoms with E-state index in [0.29, 0.717) is 0 Å². The Morgan fingerprint density at radius 1 is 1.19 bits per heavy atom. The number of fused-ring (bicyclic) bond motifs is 1. The molecule has 0 spiro atoms. The Morgan fingerprint density at radius 2 is 1.86 bits per heavy atom. The van der Waals surface area contributed by atoms with Crippen LogP contribution in [-0.4, -0.2) is 38.1 Å². The van der Waals surface area contributed by atoms with Gasteiger partial charge in [0, 0.05) is 11.8 Å². The Kier molecular flexibility index (Phi) is 7.11. The second-order valence-electron chi connectivity index (χ2n) is 8.69. The summed E-state index contributed by atoms with van der Waals surface area (Å²) in [6.07, 6.45) is 1.18. The van der Waals surface area contributed by atoms with Gasteiger partial charge in [-0.3, -0.25) is 9.59 Å². The molecule has 1 amide bonds. The van der Waals surface area contributed by atoms with Crippen LogP contribution in [0.1, 0.15) is 47.3 Å². The number of nitrogens with zero attached hydrogens (tertiary/aromatic N) is 2. The van der Waals surface area contributed by atoms with Gasteiger partial charge in [0.2, 0.25) is 0 Å². The molecule has 0 fully saturated rings.